The molecule has 1 saturated carbocycles. The summed E-state index contributed by atoms with van der Waals surface area (Å²) in [6.07, 6.45) is 1.75. The van der Waals surface area contributed by atoms with Crippen LogP contribution in [0, 0.1) is 5.92 Å². The second kappa shape index (κ2) is 5.67. The fourth-order valence-electron chi connectivity index (χ4n) is 1.94. The van der Waals surface area contributed by atoms with Crippen LogP contribution in [-0.2, 0) is 19.1 Å². The van der Waals surface area contributed by atoms with Crippen molar-refractivity contribution in [1.82, 2.24) is 4.90 Å². The Morgan fingerprint density at radius 3 is 2.83 bits per heavy atom. The smallest absolute Gasteiger partial charge is 0.328 e. The quantitative estimate of drug-likeness (QED) is 0.756. The van der Waals surface area contributed by atoms with Crippen LogP contribution in [0.3, 0.4) is 0 Å². The van der Waals surface area contributed by atoms with Gasteiger partial charge in [-0.15, -0.1) is 0 Å². The van der Waals surface area contributed by atoms with E-state index in [9.17, 15) is 9.59 Å². The summed E-state index contributed by atoms with van der Waals surface area (Å²) in [5, 5.41) is 9.05. The molecule has 6 nitrogen and oxygen atoms in total. The van der Waals surface area contributed by atoms with E-state index >= 15 is 0 Å². The van der Waals surface area contributed by atoms with Crippen molar-refractivity contribution < 1.29 is 24.2 Å². The van der Waals surface area contributed by atoms with Crippen LogP contribution < -0.4 is 0 Å². The maximum absolute atomic E-state index is 12.1. The minimum Gasteiger partial charge on any atom is -0.480 e. The number of amides is 1. The van der Waals surface area contributed by atoms with E-state index in [1.165, 1.54) is 4.90 Å². The molecule has 0 bridgehead atoms. The molecular formula is C12H19NO5. The summed E-state index contributed by atoms with van der Waals surface area (Å²) in [5.41, 5.74) is 0. The largest absolute Gasteiger partial charge is 0.480 e. The van der Waals surface area contributed by atoms with Crippen LogP contribution in [0.1, 0.15) is 19.8 Å². The highest BCUT2D eigenvalue weighted by Crippen LogP contribution is 2.29. The lowest BCUT2D eigenvalue weighted by molar-refractivity contribution is -0.163. The third-order valence-electron chi connectivity index (χ3n) is 3.32. The number of ether oxygens (including phenoxy) is 2. The number of hydrogen-bond donors (Lipinski definition) is 1. The molecule has 1 saturated heterocycles. The number of nitrogens with zero attached hydrogens (tertiary/aromatic N) is 1. The van der Waals surface area contributed by atoms with Crippen LogP contribution in [0.15, 0.2) is 0 Å². The molecule has 6 heteroatoms. The highest BCUT2D eigenvalue weighted by molar-refractivity contribution is 5.86. The highest BCUT2D eigenvalue weighted by atomic mass is 16.5. The molecule has 0 radical (unpaired) electrons. The van der Waals surface area contributed by atoms with Crippen molar-refractivity contribution in [2.24, 2.45) is 5.92 Å². The summed E-state index contributed by atoms with van der Waals surface area (Å²) < 4.78 is 10.6. The molecule has 1 aliphatic carbocycles. The molecule has 2 rings (SSSR count). The van der Waals surface area contributed by atoms with Crippen molar-refractivity contribution in [2.75, 3.05) is 26.4 Å². The van der Waals surface area contributed by atoms with Gasteiger partial charge in [0.2, 0.25) is 0 Å². The first-order valence-corrected chi connectivity index (χ1v) is 6.32. The molecule has 2 aliphatic rings. The van der Waals surface area contributed by atoms with Crippen LogP contribution in [0.25, 0.3) is 0 Å². The maximum Gasteiger partial charge on any atom is 0.328 e. The summed E-state index contributed by atoms with van der Waals surface area (Å²) in [6, 6.07) is -0.891. The molecule has 1 heterocycles. The van der Waals surface area contributed by atoms with E-state index in [1.54, 1.807) is 6.92 Å². The van der Waals surface area contributed by atoms with Gasteiger partial charge in [0.25, 0.3) is 5.91 Å². The minimum atomic E-state index is -1.03. The van der Waals surface area contributed by atoms with Crippen LogP contribution >= 0.6 is 0 Å². The molecule has 2 atom stereocenters. The molecule has 1 amide bonds. The SMILES string of the molecule is C[C@@H](OCC1CC1)C(=O)N1CCOC[C@H]1C(=O)O. The third kappa shape index (κ3) is 3.20. The first-order valence-electron chi connectivity index (χ1n) is 6.32. The lowest BCUT2D eigenvalue weighted by atomic mass is 10.2. The molecule has 0 aromatic heterocycles. The lowest BCUT2D eigenvalue weighted by Crippen LogP contribution is -2.55. The second-order valence-electron chi connectivity index (χ2n) is 4.88. The summed E-state index contributed by atoms with van der Waals surface area (Å²) in [4.78, 5) is 24.5. The zero-order valence-corrected chi connectivity index (χ0v) is 10.5. The van der Waals surface area contributed by atoms with Crippen LogP contribution in [-0.4, -0.2) is 60.4 Å². The molecule has 2 fully saturated rings. The Morgan fingerprint density at radius 1 is 1.50 bits per heavy atom. The molecule has 102 valence electrons. The maximum atomic E-state index is 12.1. The Morgan fingerprint density at radius 2 is 2.22 bits per heavy atom. The van der Waals surface area contributed by atoms with Gasteiger partial charge < -0.3 is 19.5 Å². The summed E-state index contributed by atoms with van der Waals surface area (Å²) in [6.45, 7) is 3.02. The predicted octanol–water partition coefficient (Wildman–Crippen LogP) is 0.114. The Balaban J connectivity index is 1.89. The Labute approximate surface area is 106 Å². The van der Waals surface area contributed by atoms with Gasteiger partial charge in [0.15, 0.2) is 6.04 Å². The fourth-order valence-corrected chi connectivity index (χ4v) is 1.94. The van der Waals surface area contributed by atoms with E-state index in [1.807, 2.05) is 0 Å². The van der Waals surface area contributed by atoms with Crippen LogP contribution in [0.2, 0.25) is 0 Å². The summed E-state index contributed by atoms with van der Waals surface area (Å²) in [5.74, 6) is -0.705. The Bertz CT molecular complexity index is 328. The van der Waals surface area contributed by atoms with E-state index in [0.717, 1.165) is 12.8 Å². The van der Waals surface area contributed by atoms with Gasteiger partial charge in [-0.2, -0.15) is 0 Å². The molecular weight excluding hydrogens is 238 g/mol. The number of morpholine rings is 1. The average molecular weight is 257 g/mol. The van der Waals surface area contributed by atoms with Crippen molar-refractivity contribution in [3.63, 3.8) is 0 Å². The van der Waals surface area contributed by atoms with E-state index < -0.39 is 18.1 Å². The molecule has 0 unspecified atom stereocenters. The normalized spacial score (nSPS) is 25.8. The van der Waals surface area contributed by atoms with Gasteiger partial charge in [0.05, 0.1) is 19.8 Å². The molecule has 18 heavy (non-hydrogen) atoms. The van der Waals surface area contributed by atoms with Gasteiger partial charge in [-0.3, -0.25) is 4.79 Å². The minimum absolute atomic E-state index is 0.0520. The number of carboxylic acids is 1. The first-order chi connectivity index (χ1) is 8.59. The van der Waals surface area contributed by atoms with Crippen molar-refractivity contribution in [2.45, 2.75) is 31.9 Å². The Hall–Kier alpha value is -1.14. The van der Waals surface area contributed by atoms with E-state index in [4.69, 9.17) is 14.6 Å². The zero-order chi connectivity index (χ0) is 13.1. The van der Waals surface area contributed by atoms with E-state index in [0.29, 0.717) is 25.7 Å². The summed E-state index contributed by atoms with van der Waals surface area (Å²) in [7, 11) is 0. The van der Waals surface area contributed by atoms with Gasteiger partial charge in [-0.25, -0.2) is 4.79 Å². The molecule has 1 aliphatic heterocycles. The predicted molar refractivity (Wildman–Crippen MR) is 62.1 cm³/mol. The standard InChI is InChI=1S/C12H19NO5/c1-8(18-6-9-2-3-9)11(14)13-4-5-17-7-10(13)12(15)16/h8-10H,2-7H2,1H3,(H,15,16)/t8-,10+/m1/s1. The van der Waals surface area contributed by atoms with Gasteiger partial charge in [-0.05, 0) is 25.7 Å². The molecule has 0 spiro atoms. The Kier molecular flexibility index (Phi) is 4.19. The molecule has 0 aromatic rings. The zero-order valence-electron chi connectivity index (χ0n) is 10.5. The molecule has 0 aromatic carbocycles. The number of rotatable bonds is 5. The van der Waals surface area contributed by atoms with Gasteiger partial charge in [0.1, 0.15) is 6.10 Å². The molecule has 1 N–H and O–H groups in total. The van der Waals surface area contributed by atoms with Crippen molar-refractivity contribution in [3.05, 3.63) is 0 Å². The van der Waals surface area contributed by atoms with Crippen molar-refractivity contribution in [3.8, 4) is 0 Å². The van der Waals surface area contributed by atoms with Crippen LogP contribution in [0.5, 0.6) is 0 Å². The fraction of sp³-hybridized carbons (Fsp3) is 0.833. The number of carbonyl (C=O) groups excluding carboxylic acids is 1. The van der Waals surface area contributed by atoms with Crippen molar-refractivity contribution >= 4 is 11.9 Å². The van der Waals surface area contributed by atoms with Gasteiger partial charge >= 0.3 is 5.97 Å². The van der Waals surface area contributed by atoms with Crippen molar-refractivity contribution in [1.29, 1.82) is 0 Å². The lowest BCUT2D eigenvalue weighted by Gasteiger charge is -2.34. The number of hydrogen-bond acceptors (Lipinski definition) is 4. The number of carboxylic acid groups (broad SMARTS) is 1. The topological polar surface area (TPSA) is 76.1 Å². The van der Waals surface area contributed by atoms with Crippen LogP contribution in [0.4, 0.5) is 0 Å². The number of aliphatic carboxylic acids is 1. The monoisotopic (exact) mass is 257 g/mol. The third-order valence-corrected chi connectivity index (χ3v) is 3.32. The van der Waals surface area contributed by atoms with Gasteiger partial charge in [0, 0.05) is 6.54 Å². The first kappa shape index (κ1) is 13.3. The van der Waals surface area contributed by atoms with E-state index in [-0.39, 0.29) is 12.5 Å². The average Bonchev–Trinajstić information content (AvgIpc) is 3.19. The highest BCUT2D eigenvalue weighted by Gasteiger charge is 2.35. The number of carbonyl (C=O) groups is 2. The summed E-state index contributed by atoms with van der Waals surface area (Å²) >= 11 is 0. The van der Waals surface area contributed by atoms with E-state index in [2.05, 4.69) is 0 Å². The second-order valence-corrected chi connectivity index (χ2v) is 4.88. The van der Waals surface area contributed by atoms with Gasteiger partial charge in [-0.1, -0.05) is 0 Å².